The third kappa shape index (κ3) is 2.83. The van der Waals surface area contributed by atoms with Crippen LogP contribution < -0.4 is 0 Å². The second-order valence-electron chi connectivity index (χ2n) is 5.07. The molecule has 0 radical (unpaired) electrons. The molecule has 18 heavy (non-hydrogen) atoms. The summed E-state index contributed by atoms with van der Waals surface area (Å²) in [5, 5.41) is 0. The molecule has 5 nitrogen and oxygen atoms in total. The standard InChI is InChI=1S/C13H21NO4/c1-17-13(16)8-14(9-15)11-6-7-18-12-5-3-2-4-10(11)12/h9-12H,2-8H2,1H3. The van der Waals surface area contributed by atoms with Gasteiger partial charge in [-0.25, -0.2) is 0 Å². The number of methoxy groups -OCH3 is 1. The number of rotatable bonds is 4. The fraction of sp³-hybridized carbons (Fsp3) is 0.846. The van der Waals surface area contributed by atoms with Crippen LogP contribution in [-0.2, 0) is 19.1 Å². The minimum absolute atomic E-state index is 0.0495. The minimum Gasteiger partial charge on any atom is -0.468 e. The van der Waals surface area contributed by atoms with Crippen LogP contribution in [0.1, 0.15) is 32.1 Å². The van der Waals surface area contributed by atoms with Crippen molar-refractivity contribution in [2.75, 3.05) is 20.3 Å². The topological polar surface area (TPSA) is 55.8 Å². The highest BCUT2D eigenvalue weighted by Crippen LogP contribution is 2.35. The van der Waals surface area contributed by atoms with Crippen molar-refractivity contribution >= 4 is 12.4 Å². The molecule has 0 aromatic heterocycles. The van der Waals surface area contributed by atoms with Crippen molar-refractivity contribution in [1.82, 2.24) is 4.90 Å². The van der Waals surface area contributed by atoms with Gasteiger partial charge >= 0.3 is 5.97 Å². The molecule has 0 spiro atoms. The molecule has 2 rings (SSSR count). The maximum atomic E-state index is 11.3. The van der Waals surface area contributed by atoms with Gasteiger partial charge in [-0.05, 0) is 19.3 Å². The molecule has 0 aromatic rings. The molecular weight excluding hydrogens is 234 g/mol. The molecule has 5 heteroatoms. The maximum absolute atomic E-state index is 11.3. The first-order valence-corrected chi connectivity index (χ1v) is 6.65. The molecule has 2 fully saturated rings. The molecule has 0 bridgehead atoms. The van der Waals surface area contributed by atoms with Crippen LogP contribution in [0.5, 0.6) is 0 Å². The first-order chi connectivity index (χ1) is 8.76. The zero-order valence-electron chi connectivity index (χ0n) is 10.8. The summed E-state index contributed by atoms with van der Waals surface area (Å²) in [6.07, 6.45) is 6.40. The molecule has 3 unspecified atom stereocenters. The zero-order chi connectivity index (χ0) is 13.0. The highest BCUT2D eigenvalue weighted by Gasteiger charge is 2.38. The van der Waals surface area contributed by atoms with Gasteiger partial charge in [-0.2, -0.15) is 0 Å². The van der Waals surface area contributed by atoms with Crippen molar-refractivity contribution in [3.63, 3.8) is 0 Å². The summed E-state index contributed by atoms with van der Waals surface area (Å²) in [4.78, 5) is 24.1. The molecule has 1 heterocycles. The van der Waals surface area contributed by atoms with E-state index < -0.39 is 0 Å². The molecule has 2 aliphatic rings. The van der Waals surface area contributed by atoms with Crippen LogP contribution in [0.3, 0.4) is 0 Å². The minimum atomic E-state index is -0.360. The lowest BCUT2D eigenvalue weighted by atomic mass is 9.78. The monoisotopic (exact) mass is 255 g/mol. The molecule has 0 N–H and O–H groups in total. The van der Waals surface area contributed by atoms with E-state index in [9.17, 15) is 9.59 Å². The molecule has 1 aliphatic heterocycles. The smallest absolute Gasteiger partial charge is 0.325 e. The summed E-state index contributed by atoms with van der Waals surface area (Å²) in [6, 6.07) is 0.126. The van der Waals surface area contributed by atoms with Crippen LogP contribution in [0.4, 0.5) is 0 Å². The van der Waals surface area contributed by atoms with Gasteiger partial charge in [0.25, 0.3) is 0 Å². The van der Waals surface area contributed by atoms with Gasteiger partial charge in [-0.1, -0.05) is 12.8 Å². The number of fused-ring (bicyclic) bond motifs is 1. The average Bonchev–Trinajstić information content (AvgIpc) is 2.44. The van der Waals surface area contributed by atoms with Crippen LogP contribution in [0.15, 0.2) is 0 Å². The van der Waals surface area contributed by atoms with Gasteiger partial charge in [0.15, 0.2) is 0 Å². The Kier molecular flexibility index (Phi) is 4.58. The van der Waals surface area contributed by atoms with E-state index in [1.54, 1.807) is 4.90 Å². The summed E-state index contributed by atoms with van der Waals surface area (Å²) in [5.74, 6) is 0.0170. The van der Waals surface area contributed by atoms with E-state index in [0.29, 0.717) is 12.5 Å². The van der Waals surface area contributed by atoms with E-state index in [1.807, 2.05) is 0 Å². The summed E-state index contributed by atoms with van der Waals surface area (Å²) < 4.78 is 10.4. The molecule has 102 valence electrons. The number of hydrogen-bond donors (Lipinski definition) is 0. The van der Waals surface area contributed by atoms with Gasteiger partial charge in [0.1, 0.15) is 6.54 Å². The van der Waals surface area contributed by atoms with Gasteiger partial charge in [0, 0.05) is 18.6 Å². The summed E-state index contributed by atoms with van der Waals surface area (Å²) in [7, 11) is 1.35. The van der Waals surface area contributed by atoms with Gasteiger partial charge in [0.2, 0.25) is 6.41 Å². The summed E-state index contributed by atoms with van der Waals surface area (Å²) in [5.41, 5.74) is 0. The Labute approximate surface area is 107 Å². The Balaban J connectivity index is 2.03. The highest BCUT2D eigenvalue weighted by molar-refractivity contribution is 5.74. The summed E-state index contributed by atoms with van der Waals surface area (Å²) >= 11 is 0. The molecule has 1 aliphatic carbocycles. The Morgan fingerprint density at radius 3 is 2.89 bits per heavy atom. The van der Waals surface area contributed by atoms with E-state index in [4.69, 9.17) is 4.74 Å². The summed E-state index contributed by atoms with van der Waals surface area (Å²) in [6.45, 7) is 0.727. The Bertz CT molecular complexity index is 305. The quantitative estimate of drug-likeness (QED) is 0.555. The van der Waals surface area contributed by atoms with Crippen molar-refractivity contribution in [3.8, 4) is 0 Å². The fourth-order valence-corrected chi connectivity index (χ4v) is 3.18. The predicted octanol–water partition coefficient (Wildman–Crippen LogP) is 0.965. The average molecular weight is 255 g/mol. The predicted molar refractivity (Wildman–Crippen MR) is 64.9 cm³/mol. The first kappa shape index (κ1) is 13.3. The molecule has 0 aromatic carbocycles. The molecular formula is C13H21NO4. The van der Waals surface area contributed by atoms with Crippen LogP contribution in [-0.4, -0.2) is 49.7 Å². The van der Waals surface area contributed by atoms with Crippen molar-refractivity contribution in [2.45, 2.75) is 44.2 Å². The number of carbonyl (C=O) groups is 2. The second-order valence-corrected chi connectivity index (χ2v) is 5.07. The van der Waals surface area contributed by atoms with Crippen LogP contribution >= 0.6 is 0 Å². The highest BCUT2D eigenvalue weighted by atomic mass is 16.5. The van der Waals surface area contributed by atoms with Gasteiger partial charge in [0.05, 0.1) is 13.2 Å². The van der Waals surface area contributed by atoms with Gasteiger partial charge < -0.3 is 14.4 Å². The van der Waals surface area contributed by atoms with Crippen LogP contribution in [0, 0.1) is 5.92 Å². The second kappa shape index (κ2) is 6.18. The van der Waals surface area contributed by atoms with E-state index in [1.165, 1.54) is 20.0 Å². The Morgan fingerprint density at radius 2 is 2.17 bits per heavy atom. The van der Waals surface area contributed by atoms with Gasteiger partial charge in [-0.15, -0.1) is 0 Å². The number of esters is 1. The van der Waals surface area contributed by atoms with E-state index in [0.717, 1.165) is 25.7 Å². The van der Waals surface area contributed by atoms with Crippen LogP contribution in [0.2, 0.25) is 0 Å². The fourth-order valence-electron chi connectivity index (χ4n) is 3.18. The number of amides is 1. The normalized spacial score (nSPS) is 31.3. The van der Waals surface area contributed by atoms with E-state index >= 15 is 0 Å². The Morgan fingerprint density at radius 1 is 1.39 bits per heavy atom. The van der Waals surface area contributed by atoms with Crippen molar-refractivity contribution in [2.24, 2.45) is 5.92 Å². The van der Waals surface area contributed by atoms with E-state index in [-0.39, 0.29) is 24.7 Å². The number of ether oxygens (including phenoxy) is 2. The molecule has 3 atom stereocenters. The lowest BCUT2D eigenvalue weighted by Crippen LogP contribution is -2.51. The van der Waals surface area contributed by atoms with Crippen LogP contribution in [0.25, 0.3) is 0 Å². The third-order valence-electron chi connectivity index (χ3n) is 4.09. The molecule has 1 saturated carbocycles. The maximum Gasteiger partial charge on any atom is 0.325 e. The molecule has 1 saturated heterocycles. The first-order valence-electron chi connectivity index (χ1n) is 6.65. The van der Waals surface area contributed by atoms with Gasteiger partial charge in [-0.3, -0.25) is 9.59 Å². The zero-order valence-corrected chi connectivity index (χ0v) is 10.8. The molecule has 1 amide bonds. The third-order valence-corrected chi connectivity index (χ3v) is 4.09. The van der Waals surface area contributed by atoms with E-state index in [2.05, 4.69) is 4.74 Å². The van der Waals surface area contributed by atoms with Crippen molar-refractivity contribution in [1.29, 1.82) is 0 Å². The lowest BCUT2D eigenvalue weighted by Gasteiger charge is -2.44. The Hall–Kier alpha value is -1.10. The van der Waals surface area contributed by atoms with Crippen molar-refractivity contribution < 1.29 is 19.1 Å². The SMILES string of the molecule is COC(=O)CN(C=O)C1CCOC2CCCCC21. The number of nitrogens with zero attached hydrogens (tertiary/aromatic N) is 1. The van der Waals surface area contributed by atoms with Crippen molar-refractivity contribution in [3.05, 3.63) is 0 Å². The largest absolute Gasteiger partial charge is 0.468 e. The number of hydrogen-bond acceptors (Lipinski definition) is 4. The number of carbonyl (C=O) groups excluding carboxylic acids is 2. The lowest BCUT2D eigenvalue weighted by molar-refractivity contribution is -0.150.